The SMILES string of the molecule is O=C(O)C(O)C(O)C(O)C(O)C(=O)O.[Fe].[NaH]. The predicted octanol–water partition coefficient (Wildman–Crippen LogP) is -4.05. The van der Waals surface area contributed by atoms with Gasteiger partial charge in [-0.2, -0.15) is 0 Å². The summed E-state index contributed by atoms with van der Waals surface area (Å²) in [6, 6.07) is 0. The normalized spacial score (nSPS) is 17.0. The molecule has 0 amide bonds. The molecule has 8 nitrogen and oxygen atoms in total. The first-order valence-electron chi connectivity index (χ1n) is 3.47. The topological polar surface area (TPSA) is 156 Å². The Bertz CT molecular complexity index is 213. The first-order chi connectivity index (χ1) is 6.29. The molecule has 92 valence electrons. The van der Waals surface area contributed by atoms with E-state index in [1.54, 1.807) is 0 Å². The van der Waals surface area contributed by atoms with Crippen LogP contribution in [0.15, 0.2) is 0 Å². The van der Waals surface area contributed by atoms with E-state index in [0.29, 0.717) is 0 Å². The van der Waals surface area contributed by atoms with Crippen LogP contribution in [0.5, 0.6) is 0 Å². The fraction of sp³-hybridized carbons (Fsp3) is 0.667. The van der Waals surface area contributed by atoms with Crippen molar-refractivity contribution in [2.45, 2.75) is 24.4 Å². The third-order valence-corrected chi connectivity index (χ3v) is 1.50. The Labute approximate surface area is 123 Å². The maximum absolute atomic E-state index is 10.1. The molecule has 0 aromatic rings. The van der Waals surface area contributed by atoms with Gasteiger partial charge in [0.2, 0.25) is 0 Å². The molecule has 0 fully saturated rings. The molecule has 6 N–H and O–H groups in total. The number of aliphatic carboxylic acids is 2. The van der Waals surface area contributed by atoms with E-state index in [4.69, 9.17) is 30.6 Å². The molecular weight excluding hydrogens is 279 g/mol. The van der Waals surface area contributed by atoms with Gasteiger partial charge in [0.25, 0.3) is 0 Å². The van der Waals surface area contributed by atoms with Crippen LogP contribution < -0.4 is 0 Å². The van der Waals surface area contributed by atoms with E-state index in [-0.39, 0.29) is 46.6 Å². The molecule has 0 saturated carbocycles. The van der Waals surface area contributed by atoms with Crippen molar-refractivity contribution in [1.29, 1.82) is 0 Å². The minimum atomic E-state index is -2.36. The van der Waals surface area contributed by atoms with Gasteiger partial charge in [0.1, 0.15) is 12.2 Å². The van der Waals surface area contributed by atoms with E-state index in [1.807, 2.05) is 0 Å². The molecule has 10 heteroatoms. The summed E-state index contributed by atoms with van der Waals surface area (Å²) in [6.07, 6.45) is -9.28. The van der Waals surface area contributed by atoms with Crippen molar-refractivity contribution in [2.75, 3.05) is 0 Å². The minimum absolute atomic E-state index is 0. The second-order valence-corrected chi connectivity index (χ2v) is 2.55. The number of hydrogen-bond acceptors (Lipinski definition) is 6. The van der Waals surface area contributed by atoms with Gasteiger partial charge in [0.15, 0.2) is 12.2 Å². The van der Waals surface area contributed by atoms with Crippen molar-refractivity contribution in [2.24, 2.45) is 0 Å². The van der Waals surface area contributed by atoms with Crippen LogP contribution in [0.3, 0.4) is 0 Å². The summed E-state index contributed by atoms with van der Waals surface area (Å²) in [5.74, 6) is -3.68. The van der Waals surface area contributed by atoms with Gasteiger partial charge < -0.3 is 30.6 Å². The second kappa shape index (κ2) is 9.34. The molecule has 0 aliphatic rings. The van der Waals surface area contributed by atoms with Crippen LogP contribution in [-0.2, 0) is 26.7 Å². The van der Waals surface area contributed by atoms with Crippen molar-refractivity contribution in [3.63, 3.8) is 0 Å². The molecule has 0 bridgehead atoms. The van der Waals surface area contributed by atoms with Crippen LogP contribution in [0.1, 0.15) is 0 Å². The van der Waals surface area contributed by atoms with Crippen molar-refractivity contribution >= 4 is 41.5 Å². The van der Waals surface area contributed by atoms with E-state index in [9.17, 15) is 9.59 Å². The first-order valence-corrected chi connectivity index (χ1v) is 3.47. The monoisotopic (exact) mass is 290 g/mol. The number of aliphatic hydroxyl groups is 4. The number of rotatable bonds is 5. The van der Waals surface area contributed by atoms with E-state index in [2.05, 4.69) is 0 Å². The standard InChI is InChI=1S/C6H10O8.Fe.Na.H/c7-1(3(9)5(11)12)2(8)4(10)6(13)14;;;/h1-4,7-10H,(H,11,12)(H,13,14);;;. The Morgan fingerprint density at radius 2 is 0.938 bits per heavy atom. The zero-order valence-electron chi connectivity index (χ0n) is 7.16. The summed E-state index contributed by atoms with van der Waals surface area (Å²) < 4.78 is 0. The molecule has 4 atom stereocenters. The summed E-state index contributed by atoms with van der Waals surface area (Å²) in [7, 11) is 0. The Hall–Kier alpha value is 0.299. The number of carboxylic acids is 2. The van der Waals surface area contributed by atoms with Crippen molar-refractivity contribution in [3.05, 3.63) is 0 Å². The average Bonchev–Trinajstić information content (AvgIpc) is 2.12. The van der Waals surface area contributed by atoms with Gasteiger partial charge >= 0.3 is 41.5 Å². The number of aliphatic hydroxyl groups excluding tert-OH is 4. The Balaban J connectivity index is -0.000000845. The summed E-state index contributed by atoms with van der Waals surface area (Å²) in [4.78, 5) is 20.2. The van der Waals surface area contributed by atoms with E-state index < -0.39 is 36.4 Å². The van der Waals surface area contributed by atoms with Crippen LogP contribution in [0.4, 0.5) is 0 Å². The zero-order chi connectivity index (χ0) is 11.5. The second-order valence-electron chi connectivity index (χ2n) is 2.55. The van der Waals surface area contributed by atoms with E-state index in [1.165, 1.54) is 0 Å². The molecule has 0 radical (unpaired) electrons. The van der Waals surface area contributed by atoms with Crippen molar-refractivity contribution in [1.82, 2.24) is 0 Å². The zero-order valence-corrected chi connectivity index (χ0v) is 8.27. The Morgan fingerprint density at radius 1 is 0.750 bits per heavy atom. The van der Waals surface area contributed by atoms with Gasteiger partial charge in [-0.1, -0.05) is 0 Å². The molecule has 16 heavy (non-hydrogen) atoms. The molecule has 0 aliphatic carbocycles. The summed E-state index contributed by atoms with van der Waals surface area (Å²) in [5.41, 5.74) is 0. The Kier molecular flexibility index (Phi) is 12.6. The first kappa shape index (κ1) is 21.6. The van der Waals surface area contributed by atoms with Gasteiger partial charge in [-0.05, 0) is 0 Å². The molecule has 0 aromatic carbocycles. The van der Waals surface area contributed by atoms with Crippen LogP contribution in [0.2, 0.25) is 0 Å². The number of carbonyl (C=O) groups is 2. The molecule has 0 spiro atoms. The molecule has 0 heterocycles. The molecule has 0 aliphatic heterocycles. The Morgan fingerprint density at radius 3 is 1.06 bits per heavy atom. The van der Waals surface area contributed by atoms with Gasteiger partial charge in [-0.15, -0.1) is 0 Å². The van der Waals surface area contributed by atoms with Gasteiger partial charge in [0.05, 0.1) is 0 Å². The molecule has 4 unspecified atom stereocenters. The van der Waals surface area contributed by atoms with Crippen LogP contribution in [0.25, 0.3) is 0 Å². The van der Waals surface area contributed by atoms with Crippen LogP contribution in [0, 0.1) is 0 Å². The molecular formula is C6H11FeNaO8. The van der Waals surface area contributed by atoms with Crippen molar-refractivity contribution < 1.29 is 57.3 Å². The predicted molar refractivity (Wildman–Crippen MR) is 46.4 cm³/mol. The third kappa shape index (κ3) is 6.14. The fourth-order valence-corrected chi connectivity index (χ4v) is 0.666. The summed E-state index contributed by atoms with van der Waals surface area (Å²) in [6.45, 7) is 0. The molecule has 0 rings (SSSR count). The number of carboxylic acid groups (broad SMARTS) is 2. The summed E-state index contributed by atoms with van der Waals surface area (Å²) in [5, 5.41) is 51.5. The third-order valence-electron chi connectivity index (χ3n) is 1.50. The molecule has 0 aromatic heterocycles. The van der Waals surface area contributed by atoms with Gasteiger partial charge in [0, 0.05) is 17.1 Å². The van der Waals surface area contributed by atoms with Crippen LogP contribution >= 0.6 is 0 Å². The fourth-order valence-electron chi connectivity index (χ4n) is 0.666. The maximum atomic E-state index is 10.1. The van der Waals surface area contributed by atoms with Crippen LogP contribution in [-0.4, -0.2) is 96.6 Å². The summed E-state index contributed by atoms with van der Waals surface area (Å²) >= 11 is 0. The average molecular weight is 290 g/mol. The number of hydrogen-bond donors (Lipinski definition) is 6. The quantitative estimate of drug-likeness (QED) is 0.279. The van der Waals surface area contributed by atoms with E-state index >= 15 is 0 Å². The van der Waals surface area contributed by atoms with E-state index in [0.717, 1.165) is 0 Å². The molecule has 0 saturated heterocycles. The van der Waals surface area contributed by atoms with Crippen molar-refractivity contribution in [3.8, 4) is 0 Å². The van der Waals surface area contributed by atoms with Gasteiger partial charge in [-0.25, -0.2) is 9.59 Å². The van der Waals surface area contributed by atoms with Gasteiger partial charge in [-0.3, -0.25) is 0 Å².